The summed E-state index contributed by atoms with van der Waals surface area (Å²) >= 11 is 0. The van der Waals surface area contributed by atoms with Crippen LogP contribution in [-0.4, -0.2) is 22.7 Å². The van der Waals surface area contributed by atoms with E-state index in [0.717, 1.165) is 33.3 Å². The molecule has 0 fully saturated rings. The highest BCUT2D eigenvalue weighted by molar-refractivity contribution is 5.98. The molecule has 4 rings (SSSR count). The number of nitrogens with one attached hydrogen (secondary N) is 2. The molecule has 0 atom stereocenters. The molecule has 0 aliphatic carbocycles. The Hall–Kier alpha value is -2.66. The Morgan fingerprint density at radius 1 is 1.05 bits per heavy atom. The van der Waals surface area contributed by atoms with E-state index < -0.39 is 0 Å². The van der Waals surface area contributed by atoms with Gasteiger partial charge in [-0.1, -0.05) is 24.3 Å². The van der Waals surface area contributed by atoms with E-state index >= 15 is 0 Å². The van der Waals surface area contributed by atoms with E-state index in [0.29, 0.717) is 6.61 Å². The Balaban J connectivity index is 1.95. The van der Waals surface area contributed by atoms with Gasteiger partial charge in [-0.25, -0.2) is 0 Å². The van der Waals surface area contributed by atoms with E-state index in [2.05, 4.69) is 21.6 Å². The van der Waals surface area contributed by atoms with Gasteiger partial charge in [0.15, 0.2) is 0 Å². The summed E-state index contributed by atoms with van der Waals surface area (Å²) in [7, 11) is 0. The number of ether oxygens (including phenoxy) is 1. The lowest BCUT2D eigenvalue weighted by Crippen LogP contribution is -2.14. The molecule has 104 valence electrons. The van der Waals surface area contributed by atoms with Crippen molar-refractivity contribution >= 4 is 22.5 Å². The molecule has 0 spiro atoms. The minimum absolute atomic E-state index is 0.0873. The molecule has 5 heteroatoms. The lowest BCUT2D eigenvalue weighted by molar-refractivity contribution is -0.120. The number of nitrogens with zero attached hydrogens (tertiary/aromatic N) is 1. The number of hydrogen-bond acceptors (Lipinski definition) is 3. The second-order valence-corrected chi connectivity index (χ2v) is 5.01. The molecule has 1 aliphatic heterocycles. The van der Waals surface area contributed by atoms with Gasteiger partial charge in [-0.2, -0.15) is 5.10 Å². The molecule has 1 aromatic heterocycles. The van der Waals surface area contributed by atoms with E-state index in [1.54, 1.807) is 0 Å². The molecule has 0 bridgehead atoms. The summed E-state index contributed by atoms with van der Waals surface area (Å²) in [6, 6.07) is 11.9. The zero-order chi connectivity index (χ0) is 14.2. The molecule has 2 heterocycles. The second kappa shape index (κ2) is 4.71. The maximum atomic E-state index is 11.6. The van der Waals surface area contributed by atoms with Crippen molar-refractivity contribution in [3.05, 3.63) is 48.2 Å². The predicted molar refractivity (Wildman–Crippen MR) is 79.8 cm³/mol. The van der Waals surface area contributed by atoms with Crippen LogP contribution in [-0.2, 0) is 16.1 Å². The molecule has 0 saturated carbocycles. The number of amides is 1. The number of carbonyl (C=O) groups is 1. The molecule has 0 saturated heterocycles. The van der Waals surface area contributed by atoms with Crippen LogP contribution in [0.3, 0.4) is 0 Å². The lowest BCUT2D eigenvalue weighted by atomic mass is 9.96. The first kappa shape index (κ1) is 12.1. The highest BCUT2D eigenvalue weighted by atomic mass is 16.5. The third kappa shape index (κ3) is 1.98. The maximum absolute atomic E-state index is 11.6. The van der Waals surface area contributed by atoms with Crippen LogP contribution in [0.25, 0.3) is 22.0 Å². The van der Waals surface area contributed by atoms with Crippen molar-refractivity contribution in [3.63, 3.8) is 0 Å². The topological polar surface area (TPSA) is 67.0 Å². The average molecular weight is 279 g/mol. The second-order valence-electron chi connectivity index (χ2n) is 5.01. The summed E-state index contributed by atoms with van der Waals surface area (Å²) in [5.41, 5.74) is 4.94. The van der Waals surface area contributed by atoms with Crippen molar-refractivity contribution < 1.29 is 9.53 Å². The molecule has 0 radical (unpaired) electrons. The van der Waals surface area contributed by atoms with Crippen molar-refractivity contribution in [1.29, 1.82) is 0 Å². The van der Waals surface area contributed by atoms with Crippen LogP contribution in [0.1, 0.15) is 5.56 Å². The monoisotopic (exact) mass is 279 g/mol. The van der Waals surface area contributed by atoms with Gasteiger partial charge < -0.3 is 10.1 Å². The molecule has 5 nitrogen and oxygen atoms in total. The van der Waals surface area contributed by atoms with Gasteiger partial charge in [-0.3, -0.25) is 9.89 Å². The van der Waals surface area contributed by atoms with E-state index in [1.807, 2.05) is 36.5 Å². The minimum Gasteiger partial charge on any atom is -0.367 e. The van der Waals surface area contributed by atoms with Crippen molar-refractivity contribution in [3.8, 4) is 11.1 Å². The molecule has 2 aromatic carbocycles. The smallest absolute Gasteiger partial charge is 0.250 e. The van der Waals surface area contributed by atoms with Crippen LogP contribution in [0.4, 0.5) is 5.69 Å². The van der Waals surface area contributed by atoms with E-state index in [1.165, 1.54) is 0 Å². The number of H-pyrrole nitrogens is 1. The predicted octanol–water partition coefficient (Wildman–Crippen LogP) is 2.70. The molecule has 1 amide bonds. The van der Waals surface area contributed by atoms with Crippen molar-refractivity contribution in [2.45, 2.75) is 6.61 Å². The first-order valence-corrected chi connectivity index (χ1v) is 6.75. The standard InChI is InChI=1S/C16H13N3O2/c20-16-9-21-8-13-11(4-1-5-14(13)18-16)10-3-2-6-15-12(10)7-17-19-15/h1-7H,8-9H2,(H,17,19)(H,18,20). The van der Waals surface area contributed by atoms with Crippen LogP contribution in [0, 0.1) is 0 Å². The fourth-order valence-corrected chi connectivity index (χ4v) is 2.75. The van der Waals surface area contributed by atoms with Gasteiger partial charge in [0, 0.05) is 16.6 Å². The summed E-state index contributed by atoms with van der Waals surface area (Å²) in [5.74, 6) is -0.118. The summed E-state index contributed by atoms with van der Waals surface area (Å²) in [5, 5.41) is 11.0. The number of aromatic amines is 1. The van der Waals surface area contributed by atoms with Crippen LogP contribution in [0.2, 0.25) is 0 Å². The van der Waals surface area contributed by atoms with Gasteiger partial charge in [0.2, 0.25) is 5.91 Å². The maximum Gasteiger partial charge on any atom is 0.250 e. The third-order valence-corrected chi connectivity index (χ3v) is 3.70. The third-order valence-electron chi connectivity index (χ3n) is 3.70. The Morgan fingerprint density at radius 3 is 2.86 bits per heavy atom. The summed E-state index contributed by atoms with van der Waals surface area (Å²) in [6.45, 7) is 0.502. The summed E-state index contributed by atoms with van der Waals surface area (Å²) in [4.78, 5) is 11.6. The Morgan fingerprint density at radius 2 is 1.90 bits per heavy atom. The van der Waals surface area contributed by atoms with Gasteiger partial charge in [0.1, 0.15) is 6.61 Å². The van der Waals surface area contributed by atoms with Crippen LogP contribution < -0.4 is 5.32 Å². The number of benzene rings is 2. The number of carbonyl (C=O) groups excluding carboxylic acids is 1. The van der Waals surface area contributed by atoms with Gasteiger partial charge in [0.25, 0.3) is 0 Å². The van der Waals surface area contributed by atoms with E-state index in [4.69, 9.17) is 4.74 Å². The average Bonchev–Trinajstić information content (AvgIpc) is 2.89. The fraction of sp³-hybridized carbons (Fsp3) is 0.125. The highest BCUT2D eigenvalue weighted by Gasteiger charge is 2.18. The van der Waals surface area contributed by atoms with Gasteiger partial charge in [-0.05, 0) is 23.3 Å². The van der Waals surface area contributed by atoms with Crippen LogP contribution in [0.15, 0.2) is 42.6 Å². The number of fused-ring (bicyclic) bond motifs is 2. The Labute approximate surface area is 120 Å². The van der Waals surface area contributed by atoms with E-state index in [-0.39, 0.29) is 12.5 Å². The van der Waals surface area contributed by atoms with Gasteiger partial charge in [-0.15, -0.1) is 0 Å². The zero-order valence-corrected chi connectivity index (χ0v) is 11.2. The summed E-state index contributed by atoms with van der Waals surface area (Å²) < 4.78 is 5.45. The Kier molecular flexibility index (Phi) is 2.72. The lowest BCUT2D eigenvalue weighted by Gasteiger charge is -2.12. The SMILES string of the molecule is O=C1COCc2c(cccc2-c2cccc3[nH]ncc23)N1. The Bertz CT molecular complexity index is 838. The highest BCUT2D eigenvalue weighted by Crippen LogP contribution is 2.34. The molecule has 21 heavy (non-hydrogen) atoms. The molecular weight excluding hydrogens is 266 g/mol. The minimum atomic E-state index is -0.118. The van der Waals surface area contributed by atoms with E-state index in [9.17, 15) is 4.79 Å². The largest absolute Gasteiger partial charge is 0.367 e. The first-order valence-electron chi connectivity index (χ1n) is 6.75. The molecular formula is C16H13N3O2. The first-order chi connectivity index (χ1) is 10.3. The number of rotatable bonds is 1. The van der Waals surface area contributed by atoms with Crippen LogP contribution in [0.5, 0.6) is 0 Å². The van der Waals surface area contributed by atoms with Gasteiger partial charge >= 0.3 is 0 Å². The number of hydrogen-bond donors (Lipinski definition) is 2. The van der Waals surface area contributed by atoms with Crippen LogP contribution >= 0.6 is 0 Å². The molecule has 3 aromatic rings. The van der Waals surface area contributed by atoms with Crippen molar-refractivity contribution in [2.24, 2.45) is 0 Å². The summed E-state index contributed by atoms with van der Waals surface area (Å²) in [6.07, 6.45) is 1.82. The molecule has 1 aliphatic rings. The number of anilines is 1. The van der Waals surface area contributed by atoms with Gasteiger partial charge in [0.05, 0.1) is 18.3 Å². The quantitative estimate of drug-likeness (QED) is 0.719. The number of aromatic nitrogens is 2. The normalized spacial score (nSPS) is 14.6. The zero-order valence-electron chi connectivity index (χ0n) is 11.2. The molecule has 0 unspecified atom stereocenters. The fourth-order valence-electron chi connectivity index (χ4n) is 2.75. The van der Waals surface area contributed by atoms with Crippen molar-refractivity contribution in [1.82, 2.24) is 10.2 Å². The molecule has 2 N–H and O–H groups in total. The van der Waals surface area contributed by atoms with Crippen molar-refractivity contribution in [2.75, 3.05) is 11.9 Å².